The first-order valence-corrected chi connectivity index (χ1v) is 6.92. The van der Waals surface area contributed by atoms with E-state index in [2.05, 4.69) is 43.8 Å². The first-order chi connectivity index (χ1) is 2.27. The van der Waals surface area contributed by atoms with Gasteiger partial charge in [-0.05, 0) is 0 Å². The number of halogens is 2. The van der Waals surface area contributed by atoms with Crippen molar-refractivity contribution in [1.29, 1.82) is 0 Å². The molecule has 4 heteroatoms. The molecule has 0 radical (unpaired) electrons. The summed E-state index contributed by atoms with van der Waals surface area (Å²) >= 11 is 4.52. The van der Waals surface area contributed by atoms with Crippen molar-refractivity contribution in [2.45, 2.75) is 0 Å². The molecule has 5 heavy (non-hydrogen) atoms. The standard InChI is InChI=1S/CH3BI2S/c2-5(4)1-3/h5H,1H2. The summed E-state index contributed by atoms with van der Waals surface area (Å²) in [6.45, 7) is 5.34. The van der Waals surface area contributed by atoms with E-state index in [1.54, 1.807) is 0 Å². The number of rotatable bonds is 0. The molecule has 0 heterocycles. The third kappa shape index (κ3) is 5.87. The number of thiol groups is 1. The van der Waals surface area contributed by atoms with Crippen LogP contribution in [0.3, 0.4) is 0 Å². The second kappa shape index (κ2) is 4.05. The van der Waals surface area contributed by atoms with Crippen molar-refractivity contribution < 1.29 is 0 Å². The van der Waals surface area contributed by atoms with Crippen LogP contribution in [-0.2, 0) is 0 Å². The molecule has 0 rings (SSSR count). The summed E-state index contributed by atoms with van der Waals surface area (Å²) in [5, 5.41) is 0. The Labute approximate surface area is 60.6 Å². The van der Waals surface area contributed by atoms with E-state index >= 15 is 0 Å². The summed E-state index contributed by atoms with van der Waals surface area (Å²) in [7, 11) is -0.142. The molecule has 0 bridgehead atoms. The van der Waals surface area contributed by atoms with Crippen molar-refractivity contribution in [2.24, 2.45) is 0 Å². The SMILES string of the molecule is B#[SH](I)CI. The summed E-state index contributed by atoms with van der Waals surface area (Å²) in [5.41, 5.74) is 0. The minimum atomic E-state index is -0.142. The van der Waals surface area contributed by atoms with Gasteiger partial charge in [-0.2, -0.15) is 0 Å². The molecule has 0 nitrogen and oxygen atoms in total. The first-order valence-electron chi connectivity index (χ1n) is 1.01. The zero-order valence-corrected chi connectivity index (χ0v) is 7.70. The molecule has 0 aromatic rings. The Hall–Kier alpha value is 1.87. The van der Waals surface area contributed by atoms with Crippen molar-refractivity contribution >= 4 is 57.6 Å². The number of hydrogen-bond donors (Lipinski definition) is 1. The molecule has 1 atom stereocenters. The van der Waals surface area contributed by atoms with Crippen LogP contribution in [0.1, 0.15) is 0 Å². The predicted octanol–water partition coefficient (Wildman–Crippen LogP) is 1.81. The van der Waals surface area contributed by atoms with Gasteiger partial charge in [-0.15, -0.1) is 0 Å². The second-order valence-electron chi connectivity index (χ2n) is 0.519. The van der Waals surface area contributed by atoms with E-state index in [9.17, 15) is 0 Å². The summed E-state index contributed by atoms with van der Waals surface area (Å²) < 4.78 is 1.10. The molecule has 0 amide bonds. The quantitative estimate of drug-likeness (QED) is 0.300. The van der Waals surface area contributed by atoms with Crippen LogP contribution in [0, 0.1) is 0 Å². The van der Waals surface area contributed by atoms with Crippen molar-refractivity contribution in [1.82, 2.24) is 0 Å². The summed E-state index contributed by atoms with van der Waals surface area (Å²) in [6, 6.07) is 0. The van der Waals surface area contributed by atoms with Gasteiger partial charge in [-0.1, -0.05) is 0 Å². The molecule has 0 spiro atoms. The average molecular weight is 312 g/mol. The number of alkyl halides is 1. The Bertz CT molecular complexity index is 71.5. The summed E-state index contributed by atoms with van der Waals surface area (Å²) in [6.07, 6.45) is 0. The van der Waals surface area contributed by atoms with Gasteiger partial charge in [-0.25, -0.2) is 0 Å². The fourth-order valence-electron chi connectivity index (χ4n) is 0. The zero-order valence-electron chi connectivity index (χ0n) is 2.49. The van der Waals surface area contributed by atoms with Crippen LogP contribution < -0.4 is 0 Å². The Balaban J connectivity index is 2.97. The fourth-order valence-corrected chi connectivity index (χ4v) is 0. The maximum atomic E-state index is 5.34. The molecule has 1 unspecified atom stereocenters. The van der Waals surface area contributed by atoms with Gasteiger partial charge in [0.2, 0.25) is 0 Å². The molecule has 0 aliphatic rings. The Morgan fingerprint density at radius 1 is 1.80 bits per heavy atom. The molecule has 0 saturated carbocycles. The maximum absolute atomic E-state index is 5.34. The molecule has 0 N–H and O–H groups in total. The van der Waals surface area contributed by atoms with Crippen LogP contribution in [-0.4, -0.2) is 10.3 Å². The third-order valence-corrected chi connectivity index (χ3v) is 7.49. The molecule has 0 saturated heterocycles. The fraction of sp³-hybridized carbons (Fsp3) is 1.00. The Morgan fingerprint density at radius 2 is 2.00 bits per heavy atom. The van der Waals surface area contributed by atoms with E-state index in [-0.39, 0.29) is 7.30 Å². The topological polar surface area (TPSA) is 0 Å². The van der Waals surface area contributed by atoms with Crippen LogP contribution in [0.15, 0.2) is 0 Å². The van der Waals surface area contributed by atoms with E-state index in [0.717, 1.165) is 3.76 Å². The van der Waals surface area contributed by atoms with E-state index in [1.807, 2.05) is 0 Å². The van der Waals surface area contributed by atoms with Crippen molar-refractivity contribution in [3.05, 3.63) is 0 Å². The Kier molecular flexibility index (Phi) is 5.56. The molecular weight excluding hydrogens is 309 g/mol. The zero-order chi connectivity index (χ0) is 4.28. The van der Waals surface area contributed by atoms with Gasteiger partial charge >= 0.3 is 61.4 Å². The monoisotopic (exact) mass is 312 g/mol. The number of hydrogen-bond acceptors (Lipinski definition) is 0. The van der Waals surface area contributed by atoms with Gasteiger partial charge in [0.15, 0.2) is 0 Å². The van der Waals surface area contributed by atoms with Crippen LogP contribution in [0.4, 0.5) is 0 Å². The van der Waals surface area contributed by atoms with Gasteiger partial charge < -0.3 is 0 Å². The van der Waals surface area contributed by atoms with E-state index in [1.165, 1.54) is 0 Å². The van der Waals surface area contributed by atoms with Crippen LogP contribution in [0.5, 0.6) is 0 Å². The average Bonchev–Trinajstić information content (AvgIpc) is 1.38. The molecule has 0 aromatic carbocycles. The molecule has 30 valence electrons. The van der Waals surface area contributed by atoms with Gasteiger partial charge in [0.1, 0.15) is 0 Å². The van der Waals surface area contributed by atoms with Gasteiger partial charge in [-0.3, -0.25) is 0 Å². The van der Waals surface area contributed by atoms with Crippen molar-refractivity contribution in [3.8, 4) is 0 Å². The van der Waals surface area contributed by atoms with Crippen LogP contribution >= 0.6 is 51.1 Å². The summed E-state index contributed by atoms with van der Waals surface area (Å²) in [5.74, 6) is 0. The normalized spacial score (nSPS) is 15.2. The van der Waals surface area contributed by atoms with Crippen LogP contribution in [0.25, 0.3) is 0 Å². The molecular formula is CH3BI2S. The predicted molar refractivity (Wildman–Crippen MR) is 47.6 cm³/mol. The molecule has 0 aliphatic carbocycles. The Morgan fingerprint density at radius 3 is 2.00 bits per heavy atom. The van der Waals surface area contributed by atoms with Gasteiger partial charge in [0, 0.05) is 0 Å². The van der Waals surface area contributed by atoms with Crippen molar-refractivity contribution in [2.75, 3.05) is 3.76 Å². The second-order valence-corrected chi connectivity index (χ2v) is 7.32. The van der Waals surface area contributed by atoms with E-state index in [0.29, 0.717) is 0 Å². The van der Waals surface area contributed by atoms with Gasteiger partial charge in [0.05, 0.1) is 0 Å². The first kappa shape index (κ1) is 6.87. The minimum absolute atomic E-state index is 0.142. The summed E-state index contributed by atoms with van der Waals surface area (Å²) in [4.78, 5) is 0. The molecule has 0 aromatic heterocycles. The molecule has 0 fully saturated rings. The molecule has 0 aliphatic heterocycles. The van der Waals surface area contributed by atoms with E-state index < -0.39 is 0 Å². The third-order valence-electron chi connectivity index (χ3n) is 0.114. The van der Waals surface area contributed by atoms with Crippen molar-refractivity contribution in [3.63, 3.8) is 0 Å². The van der Waals surface area contributed by atoms with Crippen LogP contribution in [0.2, 0.25) is 0 Å². The van der Waals surface area contributed by atoms with Gasteiger partial charge in [0.25, 0.3) is 0 Å². The van der Waals surface area contributed by atoms with E-state index in [4.69, 9.17) is 6.53 Å².